The molecule has 2 fully saturated rings. The molecule has 2 aromatic carbocycles. The summed E-state index contributed by atoms with van der Waals surface area (Å²) in [4.78, 5) is 43.6. The van der Waals surface area contributed by atoms with Gasteiger partial charge < -0.3 is 15.4 Å². The van der Waals surface area contributed by atoms with E-state index in [0.717, 1.165) is 24.8 Å². The first-order chi connectivity index (χ1) is 18.8. The zero-order valence-electron chi connectivity index (χ0n) is 22.4. The van der Waals surface area contributed by atoms with E-state index in [1.165, 1.54) is 12.7 Å². The Hall–Kier alpha value is -2.45. The normalized spacial score (nSPS) is 22.3. The number of Topliss-reactive ketones (excluding diaryl/α,β-unsaturated/α-hetero) is 1. The third-order valence-electron chi connectivity index (χ3n) is 7.96. The molecule has 0 bridgehead atoms. The van der Waals surface area contributed by atoms with Crippen LogP contribution in [-0.4, -0.2) is 71.8 Å². The van der Waals surface area contributed by atoms with Gasteiger partial charge in [0, 0.05) is 38.0 Å². The second-order valence-corrected chi connectivity index (χ2v) is 11.4. The van der Waals surface area contributed by atoms with Gasteiger partial charge >= 0.3 is 5.97 Å². The lowest BCUT2D eigenvalue weighted by Gasteiger charge is -2.32. The van der Waals surface area contributed by atoms with E-state index < -0.39 is 12.0 Å². The summed E-state index contributed by atoms with van der Waals surface area (Å²) in [5.74, 6) is -0.539. The minimum Gasteiger partial charge on any atom is -0.469 e. The highest BCUT2D eigenvalue weighted by Gasteiger charge is 2.45. The zero-order valence-corrected chi connectivity index (χ0v) is 23.9. The van der Waals surface area contributed by atoms with Gasteiger partial charge in [0.25, 0.3) is 0 Å². The van der Waals surface area contributed by atoms with Crippen molar-refractivity contribution in [2.45, 2.75) is 75.5 Å². The van der Waals surface area contributed by atoms with Gasteiger partial charge in [0.1, 0.15) is 0 Å². The van der Waals surface area contributed by atoms with Crippen LogP contribution in [0.2, 0.25) is 10.0 Å². The maximum atomic E-state index is 13.9. The fraction of sp³-hybridized carbons (Fsp3) is 0.500. The van der Waals surface area contributed by atoms with E-state index in [1.54, 1.807) is 17.0 Å². The first-order valence-corrected chi connectivity index (χ1v) is 14.4. The monoisotopic (exact) mass is 573 g/mol. The maximum Gasteiger partial charge on any atom is 0.305 e. The van der Waals surface area contributed by atoms with Gasteiger partial charge in [-0.05, 0) is 61.8 Å². The average molecular weight is 575 g/mol. The van der Waals surface area contributed by atoms with Crippen LogP contribution in [0.4, 0.5) is 0 Å². The van der Waals surface area contributed by atoms with Gasteiger partial charge in [0.05, 0.1) is 29.2 Å². The maximum absolute atomic E-state index is 13.9. The summed E-state index contributed by atoms with van der Waals surface area (Å²) in [5, 5.41) is 0.893. The van der Waals surface area contributed by atoms with Gasteiger partial charge in [-0.1, -0.05) is 59.6 Å². The van der Waals surface area contributed by atoms with E-state index in [2.05, 4.69) is 17.0 Å². The van der Waals surface area contributed by atoms with Gasteiger partial charge in [-0.3, -0.25) is 19.3 Å². The molecule has 1 amide bonds. The highest BCUT2D eigenvalue weighted by Crippen LogP contribution is 2.31. The zero-order chi connectivity index (χ0) is 27.9. The number of carbonyl (C=O) groups is 3. The molecule has 39 heavy (non-hydrogen) atoms. The molecule has 0 aromatic heterocycles. The van der Waals surface area contributed by atoms with Crippen molar-refractivity contribution in [1.29, 1.82) is 0 Å². The molecular weight excluding hydrogens is 537 g/mol. The third-order valence-corrected chi connectivity index (χ3v) is 8.70. The Morgan fingerprint density at radius 2 is 1.82 bits per heavy atom. The topological polar surface area (TPSA) is 92.9 Å². The molecule has 2 aliphatic rings. The van der Waals surface area contributed by atoms with E-state index in [9.17, 15) is 14.4 Å². The van der Waals surface area contributed by atoms with Crippen LogP contribution in [0.15, 0.2) is 48.5 Å². The highest BCUT2D eigenvalue weighted by atomic mass is 35.5. The number of ether oxygens (including phenoxy) is 1. The summed E-state index contributed by atoms with van der Waals surface area (Å²) in [6.45, 7) is 1.13. The number of esters is 1. The molecule has 2 saturated heterocycles. The van der Waals surface area contributed by atoms with E-state index in [4.69, 9.17) is 33.7 Å². The molecule has 2 N–H and O–H groups in total. The largest absolute Gasteiger partial charge is 0.469 e. The van der Waals surface area contributed by atoms with Gasteiger partial charge in [-0.25, -0.2) is 0 Å². The number of amides is 1. The minimum absolute atomic E-state index is 0.0643. The highest BCUT2D eigenvalue weighted by molar-refractivity contribution is 6.42. The predicted octanol–water partition coefficient (Wildman–Crippen LogP) is 4.45. The van der Waals surface area contributed by atoms with E-state index in [0.29, 0.717) is 36.0 Å². The van der Waals surface area contributed by atoms with E-state index in [-0.39, 0.29) is 49.1 Å². The second kappa shape index (κ2) is 13.8. The van der Waals surface area contributed by atoms with Crippen LogP contribution in [0.5, 0.6) is 0 Å². The molecule has 210 valence electrons. The lowest BCUT2D eigenvalue weighted by molar-refractivity contribution is -0.145. The van der Waals surface area contributed by atoms with Crippen molar-refractivity contribution in [1.82, 2.24) is 9.80 Å². The van der Waals surface area contributed by atoms with Gasteiger partial charge in [0.15, 0.2) is 5.78 Å². The van der Waals surface area contributed by atoms with Crippen molar-refractivity contribution in [3.05, 3.63) is 69.7 Å². The van der Waals surface area contributed by atoms with Gasteiger partial charge in [0.2, 0.25) is 5.91 Å². The molecule has 7 nitrogen and oxygen atoms in total. The molecule has 4 atom stereocenters. The summed E-state index contributed by atoms with van der Waals surface area (Å²) in [6, 6.07) is 14.7. The van der Waals surface area contributed by atoms with Crippen molar-refractivity contribution < 1.29 is 19.1 Å². The Labute approximate surface area is 240 Å². The van der Waals surface area contributed by atoms with Crippen LogP contribution >= 0.6 is 23.2 Å². The first-order valence-electron chi connectivity index (χ1n) is 13.7. The fourth-order valence-electron chi connectivity index (χ4n) is 5.87. The van der Waals surface area contributed by atoms with Gasteiger partial charge in [-0.15, -0.1) is 0 Å². The Morgan fingerprint density at radius 3 is 2.54 bits per heavy atom. The molecule has 9 heteroatoms. The molecule has 2 aliphatic heterocycles. The standard InChI is InChI=1S/C30H37Cl2N3O4/c1-39-29(37)14-12-26(28(36)13-9-21-8-11-24(31)25(32)17-21)34-16-15-23(10-7-20-5-3-2-4-6-20)35-19-22(33)18-27(35)30(34)38/h2-6,8,11,17,22-23,26-27H,7,9-10,12-16,18-19,33H2,1H3/t22-,23?,26-,27+/m1/s1. The summed E-state index contributed by atoms with van der Waals surface area (Å²) in [6.07, 6.45) is 4.11. The number of fused-ring (bicyclic) bond motifs is 1. The number of rotatable bonds is 11. The molecule has 2 aromatic rings. The summed E-state index contributed by atoms with van der Waals surface area (Å²) in [5.41, 5.74) is 8.50. The molecule has 2 heterocycles. The second-order valence-electron chi connectivity index (χ2n) is 10.6. The first kappa shape index (κ1) is 29.5. The summed E-state index contributed by atoms with van der Waals surface area (Å²) >= 11 is 12.2. The van der Waals surface area contributed by atoms with Crippen LogP contribution in [0.1, 0.15) is 49.7 Å². The Kier molecular flexibility index (Phi) is 10.4. The number of methoxy groups -OCH3 is 1. The van der Waals surface area contributed by atoms with Crippen molar-refractivity contribution in [2.24, 2.45) is 5.73 Å². The summed E-state index contributed by atoms with van der Waals surface area (Å²) in [7, 11) is 1.33. The van der Waals surface area contributed by atoms with Crippen LogP contribution in [-0.2, 0) is 32.0 Å². The van der Waals surface area contributed by atoms with Crippen LogP contribution in [0, 0.1) is 0 Å². The number of nitrogens with zero attached hydrogens (tertiary/aromatic N) is 2. The number of benzene rings is 2. The number of carbonyl (C=O) groups excluding carboxylic acids is 3. The lowest BCUT2D eigenvalue weighted by Crippen LogP contribution is -2.50. The number of hydrogen-bond donors (Lipinski definition) is 1. The van der Waals surface area contributed by atoms with Crippen LogP contribution < -0.4 is 5.73 Å². The Morgan fingerprint density at radius 1 is 1.05 bits per heavy atom. The SMILES string of the molecule is COC(=O)CC[C@H](C(=O)CCc1ccc(Cl)c(Cl)c1)N1CCC(CCc2ccccc2)N2C[C@H](N)C[C@H]2C1=O. The van der Waals surface area contributed by atoms with E-state index in [1.807, 2.05) is 24.3 Å². The quantitative estimate of drug-likeness (QED) is 0.399. The smallest absolute Gasteiger partial charge is 0.305 e. The van der Waals surface area contributed by atoms with Gasteiger partial charge in [-0.2, -0.15) is 0 Å². The van der Waals surface area contributed by atoms with E-state index >= 15 is 0 Å². The number of nitrogens with two attached hydrogens (primary N) is 1. The fourth-order valence-corrected chi connectivity index (χ4v) is 6.19. The molecule has 0 aliphatic carbocycles. The number of aryl methyl sites for hydroxylation is 2. The number of hydrogen-bond acceptors (Lipinski definition) is 6. The van der Waals surface area contributed by atoms with Crippen molar-refractivity contribution in [3.8, 4) is 0 Å². The minimum atomic E-state index is -0.703. The third kappa shape index (κ3) is 7.60. The Balaban J connectivity index is 1.51. The molecule has 1 unspecified atom stereocenters. The molecule has 0 radical (unpaired) electrons. The van der Waals surface area contributed by atoms with Crippen LogP contribution in [0.3, 0.4) is 0 Å². The van der Waals surface area contributed by atoms with Crippen molar-refractivity contribution >= 4 is 40.9 Å². The van der Waals surface area contributed by atoms with Crippen LogP contribution in [0.25, 0.3) is 0 Å². The molecule has 0 saturated carbocycles. The predicted molar refractivity (Wildman–Crippen MR) is 153 cm³/mol. The average Bonchev–Trinajstić information content (AvgIpc) is 3.28. The van der Waals surface area contributed by atoms with Crippen molar-refractivity contribution in [2.75, 3.05) is 20.2 Å². The summed E-state index contributed by atoms with van der Waals surface area (Å²) < 4.78 is 4.84. The lowest BCUT2D eigenvalue weighted by atomic mass is 9.97. The number of ketones is 1. The molecular formula is C30H37Cl2N3O4. The Bertz CT molecular complexity index is 1160. The van der Waals surface area contributed by atoms with Crippen molar-refractivity contribution in [3.63, 3.8) is 0 Å². The molecule has 4 rings (SSSR count). The molecule has 0 spiro atoms. The number of halogens is 2.